The molecule has 5 nitrogen and oxygen atoms in total. The number of methoxy groups -OCH3 is 1. The van der Waals surface area contributed by atoms with Gasteiger partial charge in [0.25, 0.3) is 5.91 Å². The number of thiophene rings is 1. The van der Waals surface area contributed by atoms with Gasteiger partial charge in [0.1, 0.15) is 15.6 Å². The molecule has 3 rings (SSSR count). The van der Waals surface area contributed by atoms with E-state index in [1.807, 2.05) is 0 Å². The van der Waals surface area contributed by atoms with Gasteiger partial charge in [0.05, 0.1) is 7.11 Å². The number of hydrogen-bond donors (Lipinski definition) is 3. The summed E-state index contributed by atoms with van der Waals surface area (Å²) in [5, 5.41) is 7.11. The highest BCUT2D eigenvalue weighted by Crippen LogP contribution is 2.49. The molecule has 0 unspecified atom stereocenters. The molecule has 2 saturated carbocycles. The van der Waals surface area contributed by atoms with Crippen molar-refractivity contribution in [2.45, 2.75) is 31.7 Å². The van der Waals surface area contributed by atoms with Gasteiger partial charge in [-0.3, -0.25) is 4.79 Å². The first-order valence-corrected chi connectivity index (χ1v) is 7.92. The Balaban J connectivity index is 1.85. The zero-order valence-corrected chi connectivity index (χ0v) is 12.7. The molecule has 0 saturated heterocycles. The minimum Gasteiger partial charge on any atom is -0.492 e. The zero-order chi connectivity index (χ0) is 14.3. The Kier molecular flexibility index (Phi) is 3.50. The number of nitrogens with one attached hydrogen (secondary N) is 2. The van der Waals surface area contributed by atoms with E-state index in [4.69, 9.17) is 10.5 Å². The Morgan fingerprint density at radius 1 is 1.35 bits per heavy atom. The summed E-state index contributed by atoms with van der Waals surface area (Å²) in [5.41, 5.74) is 6.47. The van der Waals surface area contributed by atoms with Crippen LogP contribution in [0.5, 0.6) is 5.75 Å². The van der Waals surface area contributed by atoms with Crippen LogP contribution < -0.4 is 21.1 Å². The van der Waals surface area contributed by atoms with Gasteiger partial charge in [-0.05, 0) is 37.5 Å². The van der Waals surface area contributed by atoms with Gasteiger partial charge in [-0.1, -0.05) is 0 Å². The number of rotatable bonds is 6. The minimum atomic E-state index is -0.159. The van der Waals surface area contributed by atoms with Crippen LogP contribution in [-0.2, 0) is 0 Å². The van der Waals surface area contributed by atoms with Crippen molar-refractivity contribution in [3.05, 3.63) is 4.88 Å². The number of carbonyl (C=O) groups is 1. The molecule has 0 radical (unpaired) electrons. The van der Waals surface area contributed by atoms with Crippen molar-refractivity contribution in [3.63, 3.8) is 0 Å². The van der Waals surface area contributed by atoms with E-state index in [1.165, 1.54) is 37.0 Å². The quantitative estimate of drug-likeness (QED) is 0.752. The number of anilines is 2. The first-order valence-electron chi connectivity index (χ1n) is 7.10. The second kappa shape index (κ2) is 5.16. The lowest BCUT2D eigenvalue weighted by atomic mass is 10.1. The average Bonchev–Trinajstić information content (AvgIpc) is 3.34. The van der Waals surface area contributed by atoms with Crippen LogP contribution in [0, 0.1) is 11.8 Å². The fourth-order valence-electron chi connectivity index (χ4n) is 2.69. The fourth-order valence-corrected chi connectivity index (χ4v) is 3.77. The highest BCUT2D eigenvalue weighted by molar-refractivity contribution is 7.19. The SMILES string of the molecule is CNC(=O)c1sc(NC(C2CC2)C2CC2)c(OC)c1N. The van der Waals surface area contributed by atoms with E-state index in [0.717, 1.165) is 16.8 Å². The van der Waals surface area contributed by atoms with Crippen molar-refractivity contribution in [2.75, 3.05) is 25.2 Å². The molecule has 0 spiro atoms. The van der Waals surface area contributed by atoms with Crippen LogP contribution in [0.15, 0.2) is 0 Å². The molecule has 2 aliphatic carbocycles. The second-order valence-corrected chi connectivity index (χ2v) is 6.65. The number of ether oxygens (including phenoxy) is 1. The van der Waals surface area contributed by atoms with E-state index in [1.54, 1.807) is 14.2 Å². The van der Waals surface area contributed by atoms with Crippen molar-refractivity contribution in [1.82, 2.24) is 5.32 Å². The zero-order valence-electron chi connectivity index (χ0n) is 11.9. The van der Waals surface area contributed by atoms with Gasteiger partial charge in [-0.15, -0.1) is 11.3 Å². The van der Waals surface area contributed by atoms with Gasteiger partial charge in [0.2, 0.25) is 0 Å². The lowest BCUT2D eigenvalue weighted by Gasteiger charge is -2.18. The van der Waals surface area contributed by atoms with Crippen LogP contribution in [0.1, 0.15) is 35.4 Å². The summed E-state index contributed by atoms with van der Waals surface area (Å²) in [4.78, 5) is 12.4. The first kappa shape index (κ1) is 13.5. The number of nitrogens with two attached hydrogens (primary N) is 1. The normalized spacial score (nSPS) is 18.1. The molecule has 1 aromatic rings. The summed E-state index contributed by atoms with van der Waals surface area (Å²) in [7, 11) is 3.21. The summed E-state index contributed by atoms with van der Waals surface area (Å²) in [6, 6.07) is 0.513. The molecule has 20 heavy (non-hydrogen) atoms. The van der Waals surface area contributed by atoms with Gasteiger partial charge in [0.15, 0.2) is 5.75 Å². The molecule has 1 amide bonds. The maximum absolute atomic E-state index is 11.8. The summed E-state index contributed by atoms with van der Waals surface area (Å²) in [6.07, 6.45) is 5.22. The molecule has 0 aliphatic heterocycles. The third-order valence-electron chi connectivity index (χ3n) is 4.09. The van der Waals surface area contributed by atoms with Crippen LogP contribution in [0.25, 0.3) is 0 Å². The summed E-state index contributed by atoms with van der Waals surface area (Å²) >= 11 is 1.39. The number of nitrogen functional groups attached to an aromatic ring is 1. The number of hydrogen-bond acceptors (Lipinski definition) is 5. The van der Waals surface area contributed by atoms with Crippen LogP contribution in [0.2, 0.25) is 0 Å². The van der Waals surface area contributed by atoms with Gasteiger partial charge in [-0.2, -0.15) is 0 Å². The Bertz CT molecular complexity index is 509. The van der Waals surface area contributed by atoms with E-state index in [2.05, 4.69) is 10.6 Å². The maximum atomic E-state index is 11.8. The van der Waals surface area contributed by atoms with Crippen LogP contribution in [0.4, 0.5) is 10.7 Å². The predicted octanol–water partition coefficient (Wildman–Crippen LogP) is 2.30. The van der Waals surface area contributed by atoms with E-state index in [0.29, 0.717) is 22.4 Å². The van der Waals surface area contributed by atoms with Crippen molar-refractivity contribution in [1.29, 1.82) is 0 Å². The number of amides is 1. The highest BCUT2D eigenvalue weighted by atomic mass is 32.1. The molecular formula is C14H21N3O2S. The van der Waals surface area contributed by atoms with Gasteiger partial charge >= 0.3 is 0 Å². The summed E-state index contributed by atoms with van der Waals surface area (Å²) < 4.78 is 5.40. The predicted molar refractivity (Wildman–Crippen MR) is 81.5 cm³/mol. The molecule has 2 fully saturated rings. The molecule has 1 aromatic heterocycles. The molecular weight excluding hydrogens is 274 g/mol. The third-order valence-corrected chi connectivity index (χ3v) is 5.21. The number of carbonyl (C=O) groups excluding carboxylic acids is 1. The van der Waals surface area contributed by atoms with Crippen LogP contribution in [0.3, 0.4) is 0 Å². The molecule has 4 N–H and O–H groups in total. The second-order valence-electron chi connectivity index (χ2n) is 5.63. The molecule has 0 bridgehead atoms. The molecule has 2 aliphatic rings. The Morgan fingerprint density at radius 2 is 1.95 bits per heavy atom. The Hall–Kier alpha value is -1.43. The lowest BCUT2D eigenvalue weighted by molar-refractivity contribution is 0.0967. The average molecular weight is 295 g/mol. The summed E-state index contributed by atoms with van der Waals surface area (Å²) in [6.45, 7) is 0. The monoisotopic (exact) mass is 295 g/mol. The smallest absolute Gasteiger partial charge is 0.263 e. The van der Waals surface area contributed by atoms with E-state index >= 15 is 0 Å². The fraction of sp³-hybridized carbons (Fsp3) is 0.643. The highest BCUT2D eigenvalue weighted by Gasteiger charge is 2.42. The third kappa shape index (κ3) is 2.44. The Morgan fingerprint density at radius 3 is 2.40 bits per heavy atom. The van der Waals surface area contributed by atoms with Crippen molar-refractivity contribution >= 4 is 27.9 Å². The standard InChI is InChI=1S/C14H21N3O2S/c1-16-13(18)12-9(15)11(19-2)14(20-12)17-10(7-3-4-7)8-5-6-8/h7-8,10,17H,3-6,15H2,1-2H3,(H,16,18). The largest absolute Gasteiger partial charge is 0.492 e. The first-order chi connectivity index (χ1) is 9.65. The maximum Gasteiger partial charge on any atom is 0.263 e. The van der Waals surface area contributed by atoms with Crippen molar-refractivity contribution in [2.24, 2.45) is 11.8 Å². The van der Waals surface area contributed by atoms with Crippen molar-refractivity contribution < 1.29 is 9.53 Å². The molecule has 0 atom stereocenters. The van der Waals surface area contributed by atoms with E-state index < -0.39 is 0 Å². The molecule has 0 aromatic carbocycles. The van der Waals surface area contributed by atoms with Crippen molar-refractivity contribution in [3.8, 4) is 5.75 Å². The van der Waals surface area contributed by atoms with E-state index in [9.17, 15) is 4.79 Å². The summed E-state index contributed by atoms with van der Waals surface area (Å²) in [5.74, 6) is 2.01. The van der Waals surface area contributed by atoms with Gasteiger partial charge in [0, 0.05) is 13.1 Å². The lowest BCUT2D eigenvalue weighted by Crippen LogP contribution is -2.23. The van der Waals surface area contributed by atoms with Crippen LogP contribution in [-0.4, -0.2) is 26.1 Å². The van der Waals surface area contributed by atoms with E-state index in [-0.39, 0.29) is 5.91 Å². The van der Waals surface area contributed by atoms with Gasteiger partial charge < -0.3 is 21.1 Å². The Labute approximate surface area is 122 Å². The van der Waals surface area contributed by atoms with Gasteiger partial charge in [-0.25, -0.2) is 0 Å². The minimum absolute atomic E-state index is 0.159. The molecule has 6 heteroatoms. The molecule has 1 heterocycles. The molecule has 110 valence electrons. The topological polar surface area (TPSA) is 76.4 Å². The van der Waals surface area contributed by atoms with Crippen LogP contribution >= 0.6 is 11.3 Å².